The van der Waals surface area contributed by atoms with Crippen molar-refractivity contribution in [1.82, 2.24) is 10.6 Å². The van der Waals surface area contributed by atoms with Crippen LogP contribution in [-0.2, 0) is 4.79 Å². The van der Waals surface area contributed by atoms with E-state index in [2.05, 4.69) is 23.8 Å². The zero-order chi connectivity index (χ0) is 10.6. The Morgan fingerprint density at radius 1 is 1.29 bits per heavy atom. The van der Waals surface area contributed by atoms with Crippen molar-refractivity contribution < 1.29 is 4.79 Å². The quantitative estimate of drug-likeness (QED) is 0.572. The summed E-state index contributed by atoms with van der Waals surface area (Å²) in [6.45, 7) is 4.31. The Bertz CT molecular complexity index is 142. The lowest BCUT2D eigenvalue weighted by atomic mass is 10.3. The van der Waals surface area contributed by atoms with Crippen molar-refractivity contribution in [1.29, 1.82) is 0 Å². The number of hydrogen-bond donors (Lipinski definition) is 2. The Morgan fingerprint density at radius 2 is 2.07 bits per heavy atom. The minimum Gasteiger partial charge on any atom is -0.355 e. The second-order valence-corrected chi connectivity index (χ2v) is 4.21. The zero-order valence-corrected chi connectivity index (χ0v) is 10.1. The smallest absolute Gasteiger partial charge is 0.233 e. The van der Waals surface area contributed by atoms with Gasteiger partial charge in [0.15, 0.2) is 0 Å². The van der Waals surface area contributed by atoms with E-state index in [1.165, 1.54) is 0 Å². The van der Waals surface area contributed by atoms with Crippen molar-refractivity contribution in [3.8, 4) is 0 Å². The number of carbonyl (C=O) groups is 1. The third kappa shape index (κ3) is 9.86. The highest BCUT2D eigenvalue weighted by atomic mass is 32.2. The normalized spacial score (nSPS) is 10.1. The van der Waals surface area contributed by atoms with Crippen LogP contribution in [0, 0.1) is 0 Å². The molecule has 0 bridgehead atoms. The molecule has 0 rings (SSSR count). The fraction of sp³-hybridized carbons (Fsp3) is 0.900. The molecular formula is C10H22N2OS. The number of carbonyl (C=O) groups excluding carboxylic acids is 1. The van der Waals surface area contributed by atoms with Crippen LogP contribution in [0.5, 0.6) is 0 Å². The Labute approximate surface area is 91.4 Å². The monoisotopic (exact) mass is 218 g/mol. The van der Waals surface area contributed by atoms with Crippen molar-refractivity contribution >= 4 is 17.7 Å². The van der Waals surface area contributed by atoms with E-state index in [-0.39, 0.29) is 5.91 Å². The van der Waals surface area contributed by atoms with Gasteiger partial charge < -0.3 is 10.6 Å². The van der Waals surface area contributed by atoms with E-state index in [1.807, 2.05) is 11.8 Å². The SMILES string of the molecule is CCCCNC(=O)CNCCCSC. The first-order valence-corrected chi connectivity index (χ1v) is 6.67. The highest BCUT2D eigenvalue weighted by Gasteiger charge is 1.97. The Morgan fingerprint density at radius 3 is 2.71 bits per heavy atom. The molecule has 14 heavy (non-hydrogen) atoms. The number of thioether (sulfide) groups is 1. The lowest BCUT2D eigenvalue weighted by Gasteiger charge is -2.05. The minimum absolute atomic E-state index is 0.114. The molecule has 0 aromatic heterocycles. The van der Waals surface area contributed by atoms with Gasteiger partial charge in [-0.25, -0.2) is 0 Å². The average molecular weight is 218 g/mol. The van der Waals surface area contributed by atoms with Gasteiger partial charge in [0.1, 0.15) is 0 Å². The number of nitrogens with one attached hydrogen (secondary N) is 2. The second kappa shape index (κ2) is 10.9. The van der Waals surface area contributed by atoms with Crippen LogP contribution in [0.1, 0.15) is 26.2 Å². The minimum atomic E-state index is 0.114. The van der Waals surface area contributed by atoms with E-state index in [1.54, 1.807) is 0 Å². The van der Waals surface area contributed by atoms with E-state index in [4.69, 9.17) is 0 Å². The summed E-state index contributed by atoms with van der Waals surface area (Å²) in [5.74, 6) is 1.27. The van der Waals surface area contributed by atoms with E-state index in [0.29, 0.717) is 6.54 Å². The van der Waals surface area contributed by atoms with Gasteiger partial charge >= 0.3 is 0 Å². The van der Waals surface area contributed by atoms with Gasteiger partial charge in [0.2, 0.25) is 5.91 Å². The zero-order valence-electron chi connectivity index (χ0n) is 9.27. The predicted octanol–water partition coefficient (Wildman–Crippen LogP) is 1.25. The first-order valence-electron chi connectivity index (χ1n) is 5.27. The number of rotatable bonds is 9. The summed E-state index contributed by atoms with van der Waals surface area (Å²) in [7, 11) is 0. The largest absolute Gasteiger partial charge is 0.355 e. The van der Waals surface area contributed by atoms with Crippen molar-refractivity contribution in [3.63, 3.8) is 0 Å². The summed E-state index contributed by atoms with van der Waals surface area (Å²) in [6, 6.07) is 0. The summed E-state index contributed by atoms with van der Waals surface area (Å²) in [4.78, 5) is 11.2. The molecule has 0 aliphatic carbocycles. The predicted molar refractivity (Wildman–Crippen MR) is 63.8 cm³/mol. The molecule has 0 aromatic carbocycles. The molecule has 0 saturated heterocycles. The first-order chi connectivity index (χ1) is 6.81. The summed E-state index contributed by atoms with van der Waals surface area (Å²) >= 11 is 1.84. The molecule has 2 N–H and O–H groups in total. The van der Waals surface area contributed by atoms with E-state index in [0.717, 1.165) is 38.1 Å². The molecule has 0 aliphatic rings. The van der Waals surface area contributed by atoms with Crippen LogP contribution in [-0.4, -0.2) is 37.6 Å². The van der Waals surface area contributed by atoms with Crippen molar-refractivity contribution in [3.05, 3.63) is 0 Å². The van der Waals surface area contributed by atoms with Gasteiger partial charge in [-0.1, -0.05) is 13.3 Å². The van der Waals surface area contributed by atoms with Crippen LogP contribution in [0.25, 0.3) is 0 Å². The second-order valence-electron chi connectivity index (χ2n) is 3.23. The van der Waals surface area contributed by atoms with Gasteiger partial charge in [-0.15, -0.1) is 0 Å². The Hall–Kier alpha value is -0.220. The molecule has 3 nitrogen and oxygen atoms in total. The highest BCUT2D eigenvalue weighted by molar-refractivity contribution is 7.98. The van der Waals surface area contributed by atoms with Crippen LogP contribution in [0.4, 0.5) is 0 Å². The Kier molecular flexibility index (Phi) is 10.7. The number of hydrogen-bond acceptors (Lipinski definition) is 3. The highest BCUT2D eigenvalue weighted by Crippen LogP contribution is 1.92. The maximum Gasteiger partial charge on any atom is 0.233 e. The van der Waals surface area contributed by atoms with Crippen LogP contribution in [0.2, 0.25) is 0 Å². The standard InChI is InChI=1S/C10H22N2OS/c1-3-4-7-12-10(13)9-11-6-5-8-14-2/h11H,3-9H2,1-2H3,(H,12,13). The maximum atomic E-state index is 11.2. The number of unbranched alkanes of at least 4 members (excludes halogenated alkanes) is 1. The van der Waals surface area contributed by atoms with Gasteiger partial charge in [-0.05, 0) is 31.4 Å². The lowest BCUT2D eigenvalue weighted by molar-refractivity contribution is -0.120. The molecule has 0 fully saturated rings. The van der Waals surface area contributed by atoms with Crippen LogP contribution in [0.3, 0.4) is 0 Å². The van der Waals surface area contributed by atoms with Crippen LogP contribution < -0.4 is 10.6 Å². The molecule has 0 radical (unpaired) electrons. The van der Waals surface area contributed by atoms with Crippen LogP contribution >= 0.6 is 11.8 Å². The average Bonchev–Trinajstić information content (AvgIpc) is 2.18. The summed E-state index contributed by atoms with van der Waals surface area (Å²) < 4.78 is 0. The van der Waals surface area contributed by atoms with Gasteiger partial charge in [-0.3, -0.25) is 4.79 Å². The van der Waals surface area contributed by atoms with E-state index >= 15 is 0 Å². The third-order valence-electron chi connectivity index (χ3n) is 1.84. The molecule has 84 valence electrons. The Balaban J connectivity index is 3.10. The molecule has 4 heteroatoms. The van der Waals surface area contributed by atoms with Gasteiger partial charge in [-0.2, -0.15) is 11.8 Å². The summed E-state index contributed by atoms with van der Waals surface area (Å²) in [5, 5.41) is 5.99. The molecule has 1 amide bonds. The molecule has 0 saturated carbocycles. The van der Waals surface area contributed by atoms with Gasteiger partial charge in [0.05, 0.1) is 6.54 Å². The maximum absolute atomic E-state index is 11.2. The molecule has 0 unspecified atom stereocenters. The fourth-order valence-corrected chi connectivity index (χ4v) is 1.44. The fourth-order valence-electron chi connectivity index (χ4n) is 1.01. The van der Waals surface area contributed by atoms with E-state index < -0.39 is 0 Å². The molecule has 0 heterocycles. The lowest BCUT2D eigenvalue weighted by Crippen LogP contribution is -2.34. The van der Waals surface area contributed by atoms with Crippen LogP contribution in [0.15, 0.2) is 0 Å². The van der Waals surface area contributed by atoms with Crippen molar-refractivity contribution in [2.24, 2.45) is 0 Å². The molecular weight excluding hydrogens is 196 g/mol. The summed E-state index contributed by atoms with van der Waals surface area (Å²) in [5.41, 5.74) is 0. The third-order valence-corrected chi connectivity index (χ3v) is 2.54. The molecule has 0 spiro atoms. The molecule has 0 aliphatic heterocycles. The van der Waals surface area contributed by atoms with Gasteiger partial charge in [0.25, 0.3) is 0 Å². The van der Waals surface area contributed by atoms with Gasteiger partial charge in [0, 0.05) is 6.54 Å². The van der Waals surface area contributed by atoms with Crippen molar-refractivity contribution in [2.75, 3.05) is 31.6 Å². The topological polar surface area (TPSA) is 41.1 Å². The van der Waals surface area contributed by atoms with E-state index in [9.17, 15) is 4.79 Å². The first kappa shape index (κ1) is 13.8. The molecule has 0 atom stereocenters. The number of amides is 1. The van der Waals surface area contributed by atoms with Crippen molar-refractivity contribution in [2.45, 2.75) is 26.2 Å². The molecule has 0 aromatic rings. The summed E-state index contributed by atoms with van der Waals surface area (Å²) in [6.07, 6.45) is 5.42.